The van der Waals surface area contributed by atoms with Gasteiger partial charge in [-0.25, -0.2) is 13.1 Å². The molecule has 1 aliphatic rings. The Morgan fingerprint density at radius 3 is 2.71 bits per heavy atom. The van der Waals surface area contributed by atoms with Crippen molar-refractivity contribution in [1.82, 2.24) is 4.72 Å². The summed E-state index contributed by atoms with van der Waals surface area (Å²) in [6.07, 6.45) is 2.12. The smallest absolute Gasteiger partial charge is 0.242 e. The topological polar surface area (TPSA) is 72.2 Å². The fourth-order valence-corrected chi connectivity index (χ4v) is 5.71. The van der Waals surface area contributed by atoms with Gasteiger partial charge in [0.2, 0.25) is 10.0 Å². The average molecular weight is 369 g/mol. The van der Waals surface area contributed by atoms with Gasteiger partial charge in [0.1, 0.15) is 4.90 Å². The van der Waals surface area contributed by atoms with Crippen LogP contribution in [0.5, 0.6) is 0 Å². The van der Waals surface area contributed by atoms with Crippen LogP contribution in [-0.4, -0.2) is 25.5 Å². The Kier molecular flexibility index (Phi) is 5.50. The van der Waals surface area contributed by atoms with Gasteiger partial charge in [0.25, 0.3) is 0 Å². The van der Waals surface area contributed by atoms with Crippen LogP contribution < -0.4 is 10.5 Å². The van der Waals surface area contributed by atoms with E-state index < -0.39 is 10.0 Å². The number of sulfonamides is 1. The van der Waals surface area contributed by atoms with Crippen molar-refractivity contribution < 1.29 is 8.42 Å². The van der Waals surface area contributed by atoms with Crippen molar-refractivity contribution in [1.29, 1.82) is 0 Å². The van der Waals surface area contributed by atoms with Crippen LogP contribution in [0.2, 0.25) is 10.0 Å². The summed E-state index contributed by atoms with van der Waals surface area (Å²) in [4.78, 5) is 0.0283. The van der Waals surface area contributed by atoms with Crippen LogP contribution in [0.1, 0.15) is 25.3 Å². The van der Waals surface area contributed by atoms with E-state index in [2.05, 4.69) is 11.6 Å². The molecule has 1 aliphatic heterocycles. The average Bonchev–Trinajstić information content (AvgIpc) is 2.84. The number of hydrogen-bond acceptors (Lipinski definition) is 4. The Labute approximate surface area is 139 Å². The lowest BCUT2D eigenvalue weighted by molar-refractivity contribution is 0.552. The maximum atomic E-state index is 12.4. The van der Waals surface area contributed by atoms with Crippen LogP contribution in [-0.2, 0) is 16.6 Å². The van der Waals surface area contributed by atoms with Crippen molar-refractivity contribution in [2.24, 2.45) is 5.73 Å². The summed E-state index contributed by atoms with van der Waals surface area (Å²) < 4.78 is 27.5. The molecule has 0 saturated carbocycles. The number of thioether (sulfide) groups is 1. The second kappa shape index (κ2) is 6.64. The molecule has 1 aromatic rings. The summed E-state index contributed by atoms with van der Waals surface area (Å²) in [5, 5.41) is 0.474. The van der Waals surface area contributed by atoms with Gasteiger partial charge in [-0.2, -0.15) is 11.8 Å². The Balaban J connectivity index is 2.24. The van der Waals surface area contributed by atoms with E-state index in [9.17, 15) is 8.42 Å². The highest BCUT2D eigenvalue weighted by atomic mass is 35.5. The molecule has 21 heavy (non-hydrogen) atoms. The van der Waals surface area contributed by atoms with Crippen molar-refractivity contribution in [2.45, 2.75) is 36.0 Å². The number of nitrogens with two attached hydrogens (primary N) is 1. The van der Waals surface area contributed by atoms with Gasteiger partial charge in [0.15, 0.2) is 0 Å². The predicted octanol–water partition coefficient (Wildman–Crippen LogP) is 3.02. The summed E-state index contributed by atoms with van der Waals surface area (Å²) in [6, 6.07) is 2.92. The molecule has 0 spiro atoms. The van der Waals surface area contributed by atoms with Crippen LogP contribution in [0, 0.1) is 0 Å². The molecule has 0 aromatic heterocycles. The molecule has 8 heteroatoms. The Hall–Kier alpha value is 0.0200. The van der Waals surface area contributed by atoms with Crippen molar-refractivity contribution >= 4 is 45.0 Å². The first-order chi connectivity index (χ1) is 9.79. The van der Waals surface area contributed by atoms with E-state index in [1.165, 1.54) is 12.1 Å². The van der Waals surface area contributed by atoms with Gasteiger partial charge in [-0.1, -0.05) is 23.2 Å². The fourth-order valence-electron chi connectivity index (χ4n) is 2.27. The first-order valence-corrected chi connectivity index (χ1v) is 9.82. The minimum absolute atomic E-state index is 0.0283. The SMILES string of the molecule is CC1(CNS(=O)(=O)c2ccc(Cl)c(CN)c2Cl)CCCS1. The molecule has 1 heterocycles. The van der Waals surface area contributed by atoms with Gasteiger partial charge in [-0.3, -0.25) is 0 Å². The molecular formula is C13H18Cl2N2O2S2. The molecule has 1 fully saturated rings. The third-order valence-electron chi connectivity index (χ3n) is 3.58. The van der Waals surface area contributed by atoms with Crippen molar-refractivity contribution in [3.63, 3.8) is 0 Å². The number of halogens is 2. The molecule has 0 amide bonds. The molecule has 1 aromatic carbocycles. The van der Waals surface area contributed by atoms with E-state index in [-0.39, 0.29) is 21.2 Å². The van der Waals surface area contributed by atoms with E-state index in [1.807, 2.05) is 0 Å². The second-order valence-corrected chi connectivity index (χ2v) is 9.47. The zero-order valence-corrected chi connectivity index (χ0v) is 14.8. The number of nitrogens with one attached hydrogen (secondary N) is 1. The summed E-state index contributed by atoms with van der Waals surface area (Å²) in [5.74, 6) is 1.07. The van der Waals surface area contributed by atoms with Gasteiger partial charge in [0.05, 0.1) is 5.02 Å². The molecule has 1 atom stereocenters. The highest BCUT2D eigenvalue weighted by Crippen LogP contribution is 2.37. The van der Waals surface area contributed by atoms with Crippen LogP contribution in [0.4, 0.5) is 0 Å². The summed E-state index contributed by atoms with van der Waals surface area (Å²) in [5.41, 5.74) is 6.02. The molecule has 1 saturated heterocycles. The van der Waals surface area contributed by atoms with Crippen LogP contribution in [0.15, 0.2) is 17.0 Å². The molecular weight excluding hydrogens is 351 g/mol. The molecule has 0 bridgehead atoms. The van der Waals surface area contributed by atoms with E-state index >= 15 is 0 Å². The summed E-state index contributed by atoms with van der Waals surface area (Å²) in [7, 11) is -3.68. The predicted molar refractivity (Wildman–Crippen MR) is 89.6 cm³/mol. The lowest BCUT2D eigenvalue weighted by atomic mass is 10.1. The summed E-state index contributed by atoms with van der Waals surface area (Å²) >= 11 is 13.9. The van der Waals surface area contributed by atoms with Gasteiger partial charge in [-0.15, -0.1) is 0 Å². The van der Waals surface area contributed by atoms with E-state index in [1.54, 1.807) is 11.8 Å². The Morgan fingerprint density at radius 2 is 2.14 bits per heavy atom. The molecule has 2 rings (SSSR count). The van der Waals surface area contributed by atoms with E-state index in [0.29, 0.717) is 17.1 Å². The highest BCUT2D eigenvalue weighted by molar-refractivity contribution is 8.01. The molecule has 1 unspecified atom stereocenters. The first kappa shape index (κ1) is 17.4. The lowest BCUT2D eigenvalue weighted by Gasteiger charge is -2.23. The zero-order valence-electron chi connectivity index (χ0n) is 11.7. The van der Waals surface area contributed by atoms with Gasteiger partial charge < -0.3 is 5.73 Å². The van der Waals surface area contributed by atoms with Crippen LogP contribution >= 0.6 is 35.0 Å². The third-order valence-corrected chi connectivity index (χ3v) is 7.46. The number of hydrogen-bond donors (Lipinski definition) is 2. The minimum atomic E-state index is -3.68. The molecule has 0 radical (unpaired) electrons. The lowest BCUT2D eigenvalue weighted by Crippen LogP contribution is -2.36. The standard InChI is InChI=1S/C13H18Cl2N2O2S2/c1-13(5-2-6-20-13)8-17-21(18,19)11-4-3-10(14)9(7-16)12(11)15/h3-4,17H,2,5-8,16H2,1H3. The maximum Gasteiger partial charge on any atom is 0.242 e. The van der Waals surface area contributed by atoms with Gasteiger partial charge in [-0.05, 0) is 37.7 Å². The van der Waals surface area contributed by atoms with Crippen molar-refractivity contribution in [3.8, 4) is 0 Å². The Morgan fingerprint density at radius 1 is 1.43 bits per heavy atom. The number of rotatable bonds is 5. The van der Waals surface area contributed by atoms with Crippen molar-refractivity contribution in [2.75, 3.05) is 12.3 Å². The van der Waals surface area contributed by atoms with Gasteiger partial charge in [0, 0.05) is 28.4 Å². The van der Waals surface area contributed by atoms with Crippen LogP contribution in [0.25, 0.3) is 0 Å². The highest BCUT2D eigenvalue weighted by Gasteiger charge is 2.31. The third kappa shape index (κ3) is 3.86. The monoisotopic (exact) mass is 368 g/mol. The first-order valence-electron chi connectivity index (χ1n) is 6.60. The maximum absolute atomic E-state index is 12.4. The van der Waals surface area contributed by atoms with E-state index in [4.69, 9.17) is 28.9 Å². The number of benzene rings is 1. The Bertz CT molecular complexity index is 629. The normalized spacial score (nSPS) is 22.7. The zero-order chi connectivity index (χ0) is 15.7. The van der Waals surface area contributed by atoms with Crippen LogP contribution in [0.3, 0.4) is 0 Å². The fraction of sp³-hybridized carbons (Fsp3) is 0.538. The molecule has 0 aliphatic carbocycles. The molecule has 4 nitrogen and oxygen atoms in total. The van der Waals surface area contributed by atoms with Crippen molar-refractivity contribution in [3.05, 3.63) is 27.7 Å². The van der Waals surface area contributed by atoms with E-state index in [0.717, 1.165) is 18.6 Å². The molecule has 118 valence electrons. The summed E-state index contributed by atoms with van der Waals surface area (Å²) in [6.45, 7) is 2.55. The van der Waals surface area contributed by atoms with Gasteiger partial charge >= 0.3 is 0 Å². The molecule has 3 N–H and O–H groups in total. The minimum Gasteiger partial charge on any atom is -0.326 e. The largest absolute Gasteiger partial charge is 0.326 e. The quantitative estimate of drug-likeness (QED) is 0.837. The second-order valence-electron chi connectivity index (χ2n) is 5.27.